The van der Waals surface area contributed by atoms with Crippen molar-refractivity contribution in [1.29, 1.82) is 0 Å². The third-order valence-corrected chi connectivity index (χ3v) is 4.58. The Kier molecular flexibility index (Phi) is 4.63. The van der Waals surface area contributed by atoms with Crippen molar-refractivity contribution in [2.24, 2.45) is 5.73 Å². The number of anilines is 1. The standard InChI is InChI=1S/C19H23N3O/c1-21-10-9-15(13-5-3-2-4-6-13)14-7-8-16-17(19(20)23)12-22-18(16)11-14/h2-8,11,15,17,21-22H,9-10,12H2,1H3,(H2,20,23). The molecule has 120 valence electrons. The molecule has 0 saturated heterocycles. The maximum Gasteiger partial charge on any atom is 0.226 e. The quantitative estimate of drug-likeness (QED) is 0.768. The summed E-state index contributed by atoms with van der Waals surface area (Å²) < 4.78 is 0. The highest BCUT2D eigenvalue weighted by Crippen LogP contribution is 2.36. The number of rotatable bonds is 6. The van der Waals surface area contributed by atoms with Gasteiger partial charge in [0, 0.05) is 18.2 Å². The molecule has 2 atom stereocenters. The van der Waals surface area contributed by atoms with Crippen LogP contribution in [0.15, 0.2) is 48.5 Å². The van der Waals surface area contributed by atoms with E-state index in [1.54, 1.807) is 0 Å². The van der Waals surface area contributed by atoms with Gasteiger partial charge in [0.15, 0.2) is 0 Å². The zero-order chi connectivity index (χ0) is 16.2. The molecule has 2 aromatic rings. The van der Waals surface area contributed by atoms with Crippen molar-refractivity contribution in [3.8, 4) is 0 Å². The molecule has 0 radical (unpaired) electrons. The highest BCUT2D eigenvalue weighted by molar-refractivity contribution is 5.87. The number of hydrogen-bond acceptors (Lipinski definition) is 3. The van der Waals surface area contributed by atoms with Crippen molar-refractivity contribution in [3.63, 3.8) is 0 Å². The Bertz CT molecular complexity index is 684. The van der Waals surface area contributed by atoms with Gasteiger partial charge in [0.25, 0.3) is 0 Å². The minimum atomic E-state index is -0.265. The Morgan fingerprint density at radius 3 is 2.74 bits per heavy atom. The van der Waals surface area contributed by atoms with E-state index in [1.165, 1.54) is 11.1 Å². The molecule has 1 aliphatic rings. The van der Waals surface area contributed by atoms with Gasteiger partial charge in [-0.1, -0.05) is 42.5 Å². The first-order valence-electron chi connectivity index (χ1n) is 8.07. The van der Waals surface area contributed by atoms with Crippen LogP contribution < -0.4 is 16.4 Å². The number of fused-ring (bicyclic) bond motifs is 1. The van der Waals surface area contributed by atoms with Gasteiger partial charge in [0.2, 0.25) is 5.91 Å². The van der Waals surface area contributed by atoms with Gasteiger partial charge in [-0.3, -0.25) is 4.79 Å². The molecule has 0 bridgehead atoms. The lowest BCUT2D eigenvalue weighted by Gasteiger charge is -2.19. The lowest BCUT2D eigenvalue weighted by Crippen LogP contribution is -2.22. The van der Waals surface area contributed by atoms with Crippen LogP contribution in [0.4, 0.5) is 5.69 Å². The van der Waals surface area contributed by atoms with E-state index in [2.05, 4.69) is 53.1 Å². The van der Waals surface area contributed by atoms with Crippen molar-refractivity contribution >= 4 is 11.6 Å². The molecule has 3 rings (SSSR count). The fraction of sp³-hybridized carbons (Fsp3) is 0.316. The third kappa shape index (κ3) is 3.22. The number of carbonyl (C=O) groups excluding carboxylic acids is 1. The van der Waals surface area contributed by atoms with Crippen LogP contribution in [0.2, 0.25) is 0 Å². The van der Waals surface area contributed by atoms with Crippen molar-refractivity contribution in [3.05, 3.63) is 65.2 Å². The number of carbonyl (C=O) groups is 1. The predicted octanol–water partition coefficient (Wildman–Crippen LogP) is 2.42. The molecule has 2 aromatic carbocycles. The van der Waals surface area contributed by atoms with Gasteiger partial charge >= 0.3 is 0 Å². The van der Waals surface area contributed by atoms with Gasteiger partial charge in [0.1, 0.15) is 0 Å². The minimum Gasteiger partial charge on any atom is -0.384 e. The molecule has 1 aliphatic heterocycles. The Labute approximate surface area is 137 Å². The maximum atomic E-state index is 11.5. The van der Waals surface area contributed by atoms with E-state index in [1.807, 2.05) is 13.1 Å². The van der Waals surface area contributed by atoms with E-state index in [4.69, 9.17) is 5.73 Å². The molecule has 23 heavy (non-hydrogen) atoms. The molecule has 0 spiro atoms. The summed E-state index contributed by atoms with van der Waals surface area (Å²) in [5.41, 5.74) is 10.1. The van der Waals surface area contributed by atoms with E-state index >= 15 is 0 Å². The van der Waals surface area contributed by atoms with Gasteiger partial charge in [-0.25, -0.2) is 0 Å². The van der Waals surface area contributed by atoms with Crippen LogP contribution in [0.5, 0.6) is 0 Å². The molecule has 4 N–H and O–H groups in total. The van der Waals surface area contributed by atoms with E-state index in [9.17, 15) is 4.79 Å². The van der Waals surface area contributed by atoms with Gasteiger partial charge in [-0.2, -0.15) is 0 Å². The fourth-order valence-corrected chi connectivity index (χ4v) is 3.32. The Balaban J connectivity index is 1.93. The van der Waals surface area contributed by atoms with Crippen LogP contribution in [-0.2, 0) is 4.79 Å². The zero-order valence-corrected chi connectivity index (χ0v) is 13.4. The molecule has 0 aliphatic carbocycles. The summed E-state index contributed by atoms with van der Waals surface area (Å²) in [6, 6.07) is 16.9. The van der Waals surface area contributed by atoms with Crippen molar-refractivity contribution in [1.82, 2.24) is 5.32 Å². The second-order valence-corrected chi connectivity index (χ2v) is 6.04. The normalized spacial score (nSPS) is 17.3. The highest BCUT2D eigenvalue weighted by Gasteiger charge is 2.27. The first-order chi connectivity index (χ1) is 11.2. The predicted molar refractivity (Wildman–Crippen MR) is 93.7 cm³/mol. The highest BCUT2D eigenvalue weighted by atomic mass is 16.1. The average Bonchev–Trinajstić information content (AvgIpc) is 3.00. The van der Waals surface area contributed by atoms with Gasteiger partial charge < -0.3 is 16.4 Å². The molecule has 4 nitrogen and oxygen atoms in total. The lowest BCUT2D eigenvalue weighted by atomic mass is 9.87. The fourth-order valence-electron chi connectivity index (χ4n) is 3.32. The molecule has 0 fully saturated rings. The van der Waals surface area contributed by atoms with Crippen LogP contribution in [-0.4, -0.2) is 26.0 Å². The molecule has 1 heterocycles. The second kappa shape index (κ2) is 6.84. The first kappa shape index (κ1) is 15.6. The summed E-state index contributed by atoms with van der Waals surface area (Å²) in [6.07, 6.45) is 1.03. The van der Waals surface area contributed by atoms with E-state index in [0.717, 1.165) is 24.2 Å². The number of amides is 1. The summed E-state index contributed by atoms with van der Waals surface area (Å²) >= 11 is 0. The summed E-state index contributed by atoms with van der Waals surface area (Å²) in [6.45, 7) is 1.55. The Morgan fingerprint density at radius 2 is 2.04 bits per heavy atom. The zero-order valence-electron chi connectivity index (χ0n) is 13.4. The lowest BCUT2D eigenvalue weighted by molar-refractivity contribution is -0.119. The summed E-state index contributed by atoms with van der Waals surface area (Å²) in [7, 11) is 1.98. The van der Waals surface area contributed by atoms with Crippen molar-refractivity contribution < 1.29 is 4.79 Å². The largest absolute Gasteiger partial charge is 0.384 e. The van der Waals surface area contributed by atoms with Crippen LogP contribution in [0, 0.1) is 0 Å². The summed E-state index contributed by atoms with van der Waals surface area (Å²) in [4.78, 5) is 11.5. The van der Waals surface area contributed by atoms with E-state index in [-0.39, 0.29) is 11.8 Å². The van der Waals surface area contributed by atoms with Crippen LogP contribution in [0.1, 0.15) is 34.9 Å². The molecule has 2 unspecified atom stereocenters. The minimum absolute atomic E-state index is 0.216. The summed E-state index contributed by atoms with van der Waals surface area (Å²) in [5.74, 6) is -0.145. The maximum absolute atomic E-state index is 11.5. The Hall–Kier alpha value is -2.33. The SMILES string of the molecule is CNCCC(c1ccccc1)c1ccc2c(c1)NCC2C(N)=O. The van der Waals surface area contributed by atoms with Gasteiger partial charge in [-0.05, 0) is 42.8 Å². The van der Waals surface area contributed by atoms with Crippen molar-refractivity contribution in [2.45, 2.75) is 18.3 Å². The first-order valence-corrected chi connectivity index (χ1v) is 8.07. The molecule has 4 heteroatoms. The van der Waals surface area contributed by atoms with Crippen molar-refractivity contribution in [2.75, 3.05) is 25.5 Å². The topological polar surface area (TPSA) is 67.2 Å². The molecule has 1 amide bonds. The number of benzene rings is 2. The monoisotopic (exact) mass is 309 g/mol. The molecular weight excluding hydrogens is 286 g/mol. The van der Waals surface area contributed by atoms with Crippen LogP contribution in [0.25, 0.3) is 0 Å². The molecular formula is C19H23N3O. The molecule has 0 saturated carbocycles. The number of primary amides is 1. The smallest absolute Gasteiger partial charge is 0.226 e. The second-order valence-electron chi connectivity index (χ2n) is 6.04. The third-order valence-electron chi connectivity index (χ3n) is 4.58. The molecule has 0 aromatic heterocycles. The van der Waals surface area contributed by atoms with E-state index in [0.29, 0.717) is 12.5 Å². The van der Waals surface area contributed by atoms with Crippen LogP contribution >= 0.6 is 0 Å². The average molecular weight is 309 g/mol. The van der Waals surface area contributed by atoms with Crippen LogP contribution in [0.3, 0.4) is 0 Å². The van der Waals surface area contributed by atoms with Gasteiger partial charge in [-0.15, -0.1) is 0 Å². The number of nitrogens with one attached hydrogen (secondary N) is 2. The Morgan fingerprint density at radius 1 is 1.26 bits per heavy atom. The van der Waals surface area contributed by atoms with E-state index < -0.39 is 0 Å². The van der Waals surface area contributed by atoms with Gasteiger partial charge in [0.05, 0.1) is 5.92 Å². The summed E-state index contributed by atoms with van der Waals surface area (Å²) in [5, 5.41) is 6.55. The number of nitrogens with two attached hydrogens (primary N) is 1. The number of hydrogen-bond donors (Lipinski definition) is 3.